The fraction of sp³-hybridized carbons (Fsp3) is 0.857. The molecule has 0 spiro atoms. The first-order valence-corrected chi connectivity index (χ1v) is 8.96. The van der Waals surface area contributed by atoms with Crippen molar-refractivity contribution in [1.29, 1.82) is 0 Å². The third kappa shape index (κ3) is 4.02. The molecule has 0 aliphatic carbocycles. The fourth-order valence-electron chi connectivity index (χ4n) is 3.01. The SMILES string of the molecule is CC(=O)OCCC1OS(=O)(=O)C2COC(COC(C)=O)(C2)C1C. The van der Waals surface area contributed by atoms with Gasteiger partial charge in [-0.3, -0.25) is 13.8 Å². The lowest BCUT2D eigenvalue weighted by Gasteiger charge is -2.36. The standard InChI is InChI=1S/C14H22O8S/c1-9-13(4-5-19-10(2)15)22-23(17,18)12-6-14(9,21-7-12)8-20-11(3)16/h9,12-13H,4-8H2,1-3H3. The molecule has 2 aliphatic rings. The number of carbonyl (C=O) groups excluding carboxylic acids is 2. The van der Waals surface area contributed by atoms with Crippen molar-refractivity contribution in [3.8, 4) is 0 Å². The van der Waals surface area contributed by atoms with E-state index in [1.54, 1.807) is 6.92 Å². The number of hydrogen-bond donors (Lipinski definition) is 0. The average molecular weight is 350 g/mol. The first-order chi connectivity index (χ1) is 10.7. The fourth-order valence-corrected chi connectivity index (χ4v) is 4.50. The van der Waals surface area contributed by atoms with Crippen molar-refractivity contribution in [3.05, 3.63) is 0 Å². The predicted molar refractivity (Wildman–Crippen MR) is 77.9 cm³/mol. The van der Waals surface area contributed by atoms with Crippen LogP contribution in [0.1, 0.15) is 33.6 Å². The normalized spacial score (nSPS) is 35.3. The molecule has 2 aliphatic heterocycles. The van der Waals surface area contributed by atoms with Crippen molar-refractivity contribution in [2.24, 2.45) is 5.92 Å². The molecule has 2 saturated heterocycles. The Hall–Kier alpha value is -1.19. The Morgan fingerprint density at radius 3 is 2.48 bits per heavy atom. The first kappa shape index (κ1) is 18.2. The van der Waals surface area contributed by atoms with Crippen LogP contribution in [-0.2, 0) is 38.1 Å². The zero-order valence-electron chi connectivity index (χ0n) is 13.4. The van der Waals surface area contributed by atoms with Crippen LogP contribution in [0.15, 0.2) is 0 Å². The second-order valence-electron chi connectivity index (χ2n) is 6.03. The number of carbonyl (C=O) groups is 2. The third-order valence-corrected chi connectivity index (χ3v) is 6.05. The summed E-state index contributed by atoms with van der Waals surface area (Å²) >= 11 is 0. The summed E-state index contributed by atoms with van der Waals surface area (Å²) in [6.45, 7) is 4.41. The zero-order chi connectivity index (χ0) is 17.3. The minimum atomic E-state index is -3.78. The van der Waals surface area contributed by atoms with E-state index in [1.165, 1.54) is 13.8 Å². The second kappa shape index (κ2) is 6.74. The van der Waals surface area contributed by atoms with Gasteiger partial charge in [-0.15, -0.1) is 0 Å². The number of esters is 2. The van der Waals surface area contributed by atoms with Crippen molar-refractivity contribution in [3.63, 3.8) is 0 Å². The van der Waals surface area contributed by atoms with Crippen LogP contribution in [0.2, 0.25) is 0 Å². The molecule has 0 N–H and O–H groups in total. The van der Waals surface area contributed by atoms with Crippen LogP contribution in [-0.4, -0.2) is 57.1 Å². The van der Waals surface area contributed by atoms with E-state index in [0.717, 1.165) is 0 Å². The summed E-state index contributed by atoms with van der Waals surface area (Å²) in [4.78, 5) is 22.0. The van der Waals surface area contributed by atoms with E-state index in [9.17, 15) is 18.0 Å². The highest BCUT2D eigenvalue weighted by atomic mass is 32.2. The van der Waals surface area contributed by atoms with E-state index in [-0.39, 0.29) is 38.6 Å². The molecule has 0 aromatic carbocycles. The molecule has 2 bridgehead atoms. The number of fused-ring (bicyclic) bond motifs is 2. The van der Waals surface area contributed by atoms with Crippen molar-refractivity contribution < 1.29 is 36.4 Å². The minimum Gasteiger partial charge on any atom is -0.466 e. The monoisotopic (exact) mass is 350 g/mol. The Labute approximate surface area is 135 Å². The molecule has 4 atom stereocenters. The van der Waals surface area contributed by atoms with E-state index in [2.05, 4.69) is 0 Å². The molecular weight excluding hydrogens is 328 g/mol. The summed E-state index contributed by atoms with van der Waals surface area (Å²) in [6.07, 6.45) is -0.272. The van der Waals surface area contributed by atoms with Crippen LogP contribution in [0.4, 0.5) is 0 Å². The van der Waals surface area contributed by atoms with Crippen LogP contribution in [0.25, 0.3) is 0 Å². The summed E-state index contributed by atoms with van der Waals surface area (Å²) < 4.78 is 45.6. The summed E-state index contributed by atoms with van der Waals surface area (Å²) in [7, 11) is -3.78. The van der Waals surface area contributed by atoms with E-state index in [4.69, 9.17) is 18.4 Å². The average Bonchev–Trinajstić information content (AvgIpc) is 2.86. The molecule has 23 heavy (non-hydrogen) atoms. The Morgan fingerprint density at radius 2 is 1.87 bits per heavy atom. The summed E-state index contributed by atoms with van der Waals surface area (Å²) in [6, 6.07) is 0. The molecule has 9 heteroatoms. The van der Waals surface area contributed by atoms with Gasteiger partial charge >= 0.3 is 11.9 Å². The molecule has 0 aromatic heterocycles. The van der Waals surface area contributed by atoms with Crippen LogP contribution >= 0.6 is 0 Å². The van der Waals surface area contributed by atoms with Gasteiger partial charge in [-0.25, -0.2) is 0 Å². The maximum atomic E-state index is 12.3. The molecule has 0 radical (unpaired) electrons. The molecule has 8 nitrogen and oxygen atoms in total. The zero-order valence-corrected chi connectivity index (χ0v) is 14.3. The predicted octanol–water partition coefficient (Wildman–Crippen LogP) is 0.395. The maximum Gasteiger partial charge on any atom is 0.302 e. The molecule has 0 aromatic rings. The highest BCUT2D eigenvalue weighted by molar-refractivity contribution is 7.87. The van der Waals surface area contributed by atoms with Gasteiger partial charge in [0.05, 0.1) is 19.3 Å². The molecule has 2 heterocycles. The Kier molecular flexibility index (Phi) is 5.32. The van der Waals surface area contributed by atoms with Gasteiger partial charge in [0.25, 0.3) is 10.1 Å². The van der Waals surface area contributed by atoms with Gasteiger partial charge in [0.15, 0.2) is 0 Å². The van der Waals surface area contributed by atoms with E-state index in [0.29, 0.717) is 0 Å². The van der Waals surface area contributed by atoms with Crippen molar-refractivity contribution >= 4 is 22.1 Å². The van der Waals surface area contributed by atoms with Gasteiger partial charge in [-0.05, 0) is 0 Å². The van der Waals surface area contributed by atoms with Crippen molar-refractivity contribution in [2.75, 3.05) is 19.8 Å². The molecule has 2 rings (SSSR count). The van der Waals surface area contributed by atoms with E-state index < -0.39 is 39.0 Å². The third-order valence-electron chi connectivity index (χ3n) is 4.41. The highest BCUT2D eigenvalue weighted by Crippen LogP contribution is 2.43. The van der Waals surface area contributed by atoms with Gasteiger partial charge in [0, 0.05) is 32.6 Å². The maximum absolute atomic E-state index is 12.3. The molecule has 0 amide bonds. The summed E-state index contributed by atoms with van der Waals surface area (Å²) in [5.74, 6) is -1.25. The Morgan fingerprint density at radius 1 is 1.22 bits per heavy atom. The second-order valence-corrected chi connectivity index (χ2v) is 7.87. The molecule has 132 valence electrons. The Balaban J connectivity index is 2.19. The van der Waals surface area contributed by atoms with Crippen LogP contribution in [0.5, 0.6) is 0 Å². The van der Waals surface area contributed by atoms with Crippen LogP contribution in [0.3, 0.4) is 0 Å². The molecule has 2 fully saturated rings. The molecular formula is C14H22O8S. The Bertz CT molecular complexity index is 571. The first-order valence-electron chi connectivity index (χ1n) is 7.49. The number of hydrogen-bond acceptors (Lipinski definition) is 8. The van der Waals surface area contributed by atoms with Gasteiger partial charge in [0.2, 0.25) is 0 Å². The van der Waals surface area contributed by atoms with Crippen molar-refractivity contribution in [1.82, 2.24) is 0 Å². The van der Waals surface area contributed by atoms with Gasteiger partial charge in [-0.2, -0.15) is 8.42 Å². The number of rotatable bonds is 5. The number of ether oxygens (including phenoxy) is 3. The quantitative estimate of drug-likeness (QED) is 0.518. The smallest absolute Gasteiger partial charge is 0.302 e. The van der Waals surface area contributed by atoms with Crippen molar-refractivity contribution in [2.45, 2.75) is 50.6 Å². The summed E-state index contributed by atoms with van der Waals surface area (Å²) in [5, 5.41) is -0.778. The van der Waals surface area contributed by atoms with E-state index in [1.807, 2.05) is 0 Å². The topological polar surface area (TPSA) is 105 Å². The van der Waals surface area contributed by atoms with Crippen LogP contribution < -0.4 is 0 Å². The lowest BCUT2D eigenvalue weighted by atomic mass is 9.82. The van der Waals surface area contributed by atoms with Gasteiger partial charge in [-0.1, -0.05) is 6.92 Å². The molecule has 0 saturated carbocycles. The highest BCUT2D eigenvalue weighted by Gasteiger charge is 2.56. The lowest BCUT2D eigenvalue weighted by molar-refractivity contribution is -0.159. The minimum absolute atomic E-state index is 0.0185. The van der Waals surface area contributed by atoms with Gasteiger partial charge < -0.3 is 14.2 Å². The molecule has 4 unspecified atom stereocenters. The van der Waals surface area contributed by atoms with E-state index >= 15 is 0 Å². The van der Waals surface area contributed by atoms with Gasteiger partial charge in [0.1, 0.15) is 17.5 Å². The lowest BCUT2D eigenvalue weighted by Crippen LogP contribution is -2.47. The largest absolute Gasteiger partial charge is 0.466 e. The summed E-state index contributed by atoms with van der Waals surface area (Å²) in [5.41, 5.74) is -0.902. The van der Waals surface area contributed by atoms with Crippen LogP contribution in [0, 0.1) is 5.92 Å².